The van der Waals surface area contributed by atoms with Crippen LogP contribution in [0.3, 0.4) is 0 Å². The maximum Gasteiger partial charge on any atom is 0.273 e. The first-order valence-electron chi connectivity index (χ1n) is 6.08. The number of rotatable bonds is 5. The summed E-state index contributed by atoms with van der Waals surface area (Å²) >= 11 is 1.54. The third kappa shape index (κ3) is 3.11. The summed E-state index contributed by atoms with van der Waals surface area (Å²) in [6.07, 6.45) is 0.705. The summed E-state index contributed by atoms with van der Waals surface area (Å²) in [5.74, 6) is -0.0417. The van der Waals surface area contributed by atoms with Crippen LogP contribution < -0.4 is 11.1 Å². The highest BCUT2D eigenvalue weighted by Crippen LogP contribution is 2.21. The normalized spacial score (nSPS) is 10.9. The molecule has 0 saturated heterocycles. The first-order valence-corrected chi connectivity index (χ1v) is 7.03. The van der Waals surface area contributed by atoms with Gasteiger partial charge in [-0.25, -0.2) is 4.98 Å². The number of hydrogen-bond donors (Lipinski definition) is 3. The molecule has 0 bridgehead atoms. The largest absolute Gasteiger partial charge is 0.395 e. The second-order valence-electron chi connectivity index (χ2n) is 4.54. The molecule has 0 aliphatic heterocycles. The van der Waals surface area contributed by atoms with Crippen molar-refractivity contribution in [3.8, 4) is 0 Å². The molecule has 0 spiro atoms. The highest BCUT2D eigenvalue weighted by molar-refractivity contribution is 7.07. The molecule has 6 nitrogen and oxygen atoms in total. The molecule has 0 fully saturated rings. The van der Waals surface area contributed by atoms with Gasteiger partial charge in [-0.15, -0.1) is 11.3 Å². The standard InChI is InChI=1S/C12H17N5OS/c1-7(2)10-9(13)11(17-16-10)12(18)14-4-3-8-5-19-6-15-8/h5-7H,3-4,13H2,1-2H3,(H,14,18)(H,16,17). The van der Waals surface area contributed by atoms with E-state index in [1.807, 2.05) is 19.2 Å². The fraction of sp³-hybridized carbons (Fsp3) is 0.417. The molecule has 102 valence electrons. The van der Waals surface area contributed by atoms with Crippen molar-refractivity contribution in [1.82, 2.24) is 20.5 Å². The molecule has 2 aromatic rings. The van der Waals surface area contributed by atoms with E-state index < -0.39 is 0 Å². The molecule has 1 amide bonds. The van der Waals surface area contributed by atoms with Crippen molar-refractivity contribution in [3.05, 3.63) is 28.0 Å². The van der Waals surface area contributed by atoms with Gasteiger partial charge < -0.3 is 11.1 Å². The maximum absolute atomic E-state index is 11.9. The lowest BCUT2D eigenvalue weighted by atomic mass is 10.1. The number of aromatic amines is 1. The molecule has 2 heterocycles. The number of amides is 1. The lowest BCUT2D eigenvalue weighted by Crippen LogP contribution is -2.26. The number of H-pyrrole nitrogens is 1. The zero-order valence-electron chi connectivity index (χ0n) is 10.9. The quantitative estimate of drug-likeness (QED) is 0.773. The highest BCUT2D eigenvalue weighted by Gasteiger charge is 2.18. The van der Waals surface area contributed by atoms with Gasteiger partial charge in [-0.3, -0.25) is 9.89 Å². The van der Waals surface area contributed by atoms with Gasteiger partial charge in [-0.05, 0) is 5.92 Å². The van der Waals surface area contributed by atoms with Crippen LogP contribution in [0.25, 0.3) is 0 Å². The van der Waals surface area contributed by atoms with Crippen LogP contribution in [0.1, 0.15) is 41.6 Å². The Morgan fingerprint density at radius 3 is 2.95 bits per heavy atom. The van der Waals surface area contributed by atoms with Crippen LogP contribution in [-0.2, 0) is 6.42 Å². The van der Waals surface area contributed by atoms with E-state index in [9.17, 15) is 4.79 Å². The van der Waals surface area contributed by atoms with E-state index in [2.05, 4.69) is 20.5 Å². The van der Waals surface area contributed by atoms with Gasteiger partial charge in [0.15, 0.2) is 5.69 Å². The number of anilines is 1. The van der Waals surface area contributed by atoms with Crippen molar-refractivity contribution in [1.29, 1.82) is 0 Å². The van der Waals surface area contributed by atoms with Gasteiger partial charge in [0.1, 0.15) is 0 Å². The topological polar surface area (TPSA) is 96.7 Å². The van der Waals surface area contributed by atoms with Gasteiger partial charge in [-0.1, -0.05) is 13.8 Å². The van der Waals surface area contributed by atoms with E-state index in [1.54, 1.807) is 16.8 Å². The van der Waals surface area contributed by atoms with E-state index in [1.165, 1.54) is 0 Å². The summed E-state index contributed by atoms with van der Waals surface area (Å²) in [5.41, 5.74) is 10.2. The van der Waals surface area contributed by atoms with Crippen LogP contribution in [0.2, 0.25) is 0 Å². The zero-order chi connectivity index (χ0) is 13.8. The molecule has 0 atom stereocenters. The van der Waals surface area contributed by atoms with Gasteiger partial charge >= 0.3 is 0 Å². The number of nitrogens with one attached hydrogen (secondary N) is 2. The second-order valence-corrected chi connectivity index (χ2v) is 5.26. The van der Waals surface area contributed by atoms with Crippen molar-refractivity contribution in [3.63, 3.8) is 0 Å². The number of nitrogens with zero attached hydrogens (tertiary/aromatic N) is 2. The molecule has 0 saturated carbocycles. The van der Waals surface area contributed by atoms with Crippen molar-refractivity contribution in [2.75, 3.05) is 12.3 Å². The highest BCUT2D eigenvalue weighted by atomic mass is 32.1. The fourth-order valence-corrected chi connectivity index (χ4v) is 2.32. The van der Waals surface area contributed by atoms with E-state index >= 15 is 0 Å². The molecule has 4 N–H and O–H groups in total. The predicted octanol–water partition coefficient (Wildman–Crippen LogP) is 1.54. The van der Waals surface area contributed by atoms with Crippen LogP contribution in [-0.4, -0.2) is 27.6 Å². The molecule has 0 aliphatic rings. The minimum atomic E-state index is -0.254. The first kappa shape index (κ1) is 13.5. The molecule has 0 aliphatic carbocycles. The number of nitrogens with two attached hydrogens (primary N) is 1. The molecular formula is C12H17N5OS. The summed E-state index contributed by atoms with van der Waals surface area (Å²) < 4.78 is 0. The van der Waals surface area contributed by atoms with Crippen LogP contribution >= 0.6 is 11.3 Å². The fourth-order valence-electron chi connectivity index (χ4n) is 1.73. The molecule has 0 aromatic carbocycles. The van der Waals surface area contributed by atoms with Crippen LogP contribution in [0.15, 0.2) is 10.9 Å². The van der Waals surface area contributed by atoms with Gasteiger partial charge in [0.2, 0.25) is 0 Å². The van der Waals surface area contributed by atoms with E-state index in [4.69, 9.17) is 5.73 Å². The predicted molar refractivity (Wildman–Crippen MR) is 75.2 cm³/mol. The summed E-state index contributed by atoms with van der Waals surface area (Å²) in [6.45, 7) is 4.51. The van der Waals surface area contributed by atoms with Gasteiger partial charge in [0.25, 0.3) is 5.91 Å². The summed E-state index contributed by atoms with van der Waals surface area (Å²) in [4.78, 5) is 16.1. The number of aromatic nitrogens is 3. The first-order chi connectivity index (χ1) is 9.09. The zero-order valence-corrected chi connectivity index (χ0v) is 11.8. The molecule has 19 heavy (non-hydrogen) atoms. The summed E-state index contributed by atoms with van der Waals surface area (Å²) in [6, 6.07) is 0. The van der Waals surface area contributed by atoms with Crippen molar-refractivity contribution >= 4 is 22.9 Å². The average Bonchev–Trinajstić information content (AvgIpc) is 2.98. The van der Waals surface area contributed by atoms with Crippen LogP contribution in [0.5, 0.6) is 0 Å². The molecule has 2 rings (SSSR count). The average molecular weight is 279 g/mol. The molecule has 2 aromatic heterocycles. The van der Waals surface area contributed by atoms with Crippen molar-refractivity contribution < 1.29 is 4.79 Å². The van der Waals surface area contributed by atoms with Gasteiger partial charge in [0.05, 0.1) is 22.6 Å². The lowest BCUT2D eigenvalue weighted by molar-refractivity contribution is 0.0950. The Morgan fingerprint density at radius 2 is 2.37 bits per heavy atom. The Balaban J connectivity index is 1.93. The number of carbonyl (C=O) groups excluding carboxylic acids is 1. The Morgan fingerprint density at radius 1 is 1.58 bits per heavy atom. The van der Waals surface area contributed by atoms with Crippen LogP contribution in [0.4, 0.5) is 5.69 Å². The monoisotopic (exact) mass is 279 g/mol. The number of thiazole rings is 1. The third-order valence-electron chi connectivity index (χ3n) is 2.78. The maximum atomic E-state index is 11.9. The molecule has 7 heteroatoms. The Kier molecular flexibility index (Phi) is 4.16. The van der Waals surface area contributed by atoms with Crippen molar-refractivity contribution in [2.45, 2.75) is 26.2 Å². The molecular weight excluding hydrogens is 262 g/mol. The Bertz CT molecular complexity index is 546. The summed E-state index contributed by atoms with van der Waals surface area (Å²) in [7, 11) is 0. The molecule has 0 radical (unpaired) electrons. The number of nitrogen functional groups attached to an aromatic ring is 1. The second kappa shape index (κ2) is 5.83. The number of carbonyl (C=O) groups is 1. The number of hydrogen-bond acceptors (Lipinski definition) is 5. The van der Waals surface area contributed by atoms with Crippen molar-refractivity contribution in [2.24, 2.45) is 0 Å². The Labute approximate surface area is 115 Å². The summed E-state index contributed by atoms with van der Waals surface area (Å²) in [5, 5.41) is 11.5. The SMILES string of the molecule is CC(C)c1[nH]nc(C(=O)NCCc2cscn2)c1N. The minimum Gasteiger partial charge on any atom is -0.395 e. The van der Waals surface area contributed by atoms with E-state index in [-0.39, 0.29) is 17.5 Å². The third-order valence-corrected chi connectivity index (χ3v) is 3.41. The van der Waals surface area contributed by atoms with Gasteiger partial charge in [-0.2, -0.15) is 5.10 Å². The smallest absolute Gasteiger partial charge is 0.273 e. The molecule has 0 unspecified atom stereocenters. The van der Waals surface area contributed by atoms with E-state index in [0.29, 0.717) is 18.7 Å². The Hall–Kier alpha value is -1.89. The van der Waals surface area contributed by atoms with Crippen LogP contribution in [0, 0.1) is 0 Å². The van der Waals surface area contributed by atoms with Gasteiger partial charge in [0, 0.05) is 18.3 Å². The lowest BCUT2D eigenvalue weighted by Gasteiger charge is -2.04. The minimum absolute atomic E-state index is 0.212. The van der Waals surface area contributed by atoms with E-state index in [0.717, 1.165) is 11.4 Å².